The molecule has 1 saturated heterocycles. The summed E-state index contributed by atoms with van der Waals surface area (Å²) in [5, 5.41) is 9.09. The number of nitrogens with one attached hydrogen (secondary N) is 1. The summed E-state index contributed by atoms with van der Waals surface area (Å²) in [4.78, 5) is 4.33. The Balaban J connectivity index is 2.01. The minimum atomic E-state index is -1.40. The van der Waals surface area contributed by atoms with E-state index in [0.29, 0.717) is 6.42 Å². The van der Waals surface area contributed by atoms with Crippen LogP contribution in [-0.2, 0) is 17.4 Å². The van der Waals surface area contributed by atoms with Crippen molar-refractivity contribution < 1.29 is 8.60 Å². The second-order valence-electron chi connectivity index (χ2n) is 7.29. The first-order chi connectivity index (χ1) is 10.3. The number of piperidine rings is 1. The summed E-state index contributed by atoms with van der Waals surface area (Å²) in [5.74, 6) is -0.114. The van der Waals surface area contributed by atoms with Gasteiger partial charge in [0.2, 0.25) is 0 Å². The smallest absolute Gasteiger partial charge is 0.141 e. The molecule has 4 nitrogen and oxygen atoms in total. The number of pyridine rings is 1. The molecule has 1 aliphatic carbocycles. The molecule has 0 saturated carbocycles. The summed E-state index contributed by atoms with van der Waals surface area (Å²) in [6, 6.07) is 1.62. The third-order valence-corrected chi connectivity index (χ3v) is 6.70. The lowest BCUT2D eigenvalue weighted by Crippen LogP contribution is -2.43. The molecule has 3 rings (SSSR count). The van der Waals surface area contributed by atoms with Gasteiger partial charge in [-0.05, 0) is 75.6 Å². The zero-order chi connectivity index (χ0) is 16.0. The van der Waals surface area contributed by atoms with Crippen molar-refractivity contribution >= 4 is 11.0 Å². The molecule has 1 spiro atoms. The van der Waals surface area contributed by atoms with Gasteiger partial charge >= 0.3 is 0 Å². The van der Waals surface area contributed by atoms with Crippen LogP contribution >= 0.6 is 0 Å². The van der Waals surface area contributed by atoms with Gasteiger partial charge in [0.25, 0.3) is 0 Å². The van der Waals surface area contributed by atoms with Crippen molar-refractivity contribution in [3.05, 3.63) is 29.3 Å². The molecular formula is C16H24FN3OS. The molecule has 2 aliphatic rings. The maximum Gasteiger partial charge on any atom is 0.141 e. The number of nitrogens with two attached hydrogens (primary N) is 1. The van der Waals surface area contributed by atoms with Crippen molar-refractivity contribution in [2.45, 2.75) is 50.2 Å². The summed E-state index contributed by atoms with van der Waals surface area (Å²) < 4.78 is 25.1. The highest BCUT2D eigenvalue weighted by atomic mass is 32.2. The van der Waals surface area contributed by atoms with Gasteiger partial charge in [0, 0.05) is 5.69 Å². The molecule has 1 aliphatic heterocycles. The van der Waals surface area contributed by atoms with Crippen molar-refractivity contribution in [1.82, 2.24) is 10.3 Å². The van der Waals surface area contributed by atoms with Crippen LogP contribution in [0.25, 0.3) is 0 Å². The number of aromatic nitrogens is 1. The maximum atomic E-state index is 13.7. The van der Waals surface area contributed by atoms with Crippen LogP contribution in [0.1, 0.15) is 50.3 Å². The van der Waals surface area contributed by atoms with Crippen LogP contribution in [-0.4, -0.2) is 27.0 Å². The molecule has 6 heteroatoms. The first kappa shape index (κ1) is 16.0. The van der Waals surface area contributed by atoms with Crippen molar-refractivity contribution in [3.63, 3.8) is 0 Å². The maximum absolute atomic E-state index is 13.7. The minimum Gasteiger partial charge on any atom is -0.317 e. The molecule has 22 heavy (non-hydrogen) atoms. The average Bonchev–Trinajstić information content (AvgIpc) is 2.73. The molecule has 122 valence electrons. The van der Waals surface area contributed by atoms with E-state index in [9.17, 15) is 8.60 Å². The first-order valence-corrected chi connectivity index (χ1v) is 9.07. The van der Waals surface area contributed by atoms with Crippen LogP contribution in [0.4, 0.5) is 4.39 Å². The number of hydrogen-bond acceptors (Lipinski definition) is 3. The van der Waals surface area contributed by atoms with Crippen LogP contribution in [0, 0.1) is 11.2 Å². The molecule has 1 fully saturated rings. The molecule has 1 aromatic rings. The van der Waals surface area contributed by atoms with E-state index in [1.807, 2.05) is 13.8 Å². The zero-order valence-corrected chi connectivity index (χ0v) is 14.0. The second kappa shape index (κ2) is 5.65. The molecule has 2 heterocycles. The second-order valence-corrected chi connectivity index (χ2v) is 8.99. The van der Waals surface area contributed by atoms with Gasteiger partial charge in [-0.1, -0.05) is 0 Å². The third kappa shape index (κ3) is 2.72. The largest absolute Gasteiger partial charge is 0.317 e. The molecule has 3 N–H and O–H groups in total. The Morgan fingerprint density at radius 3 is 2.82 bits per heavy atom. The molecule has 0 aromatic carbocycles. The topological polar surface area (TPSA) is 68.0 Å². The lowest BCUT2D eigenvalue weighted by atomic mass is 9.67. The highest BCUT2D eigenvalue weighted by Gasteiger charge is 2.49. The Bertz CT molecular complexity index is 599. The molecule has 1 unspecified atom stereocenters. The van der Waals surface area contributed by atoms with E-state index in [1.165, 1.54) is 6.20 Å². The Morgan fingerprint density at radius 1 is 1.50 bits per heavy atom. The highest BCUT2D eigenvalue weighted by molar-refractivity contribution is 7.84. The van der Waals surface area contributed by atoms with Crippen molar-refractivity contribution in [2.75, 3.05) is 13.1 Å². The van der Waals surface area contributed by atoms with Crippen LogP contribution < -0.4 is 10.5 Å². The molecule has 0 amide bonds. The van der Waals surface area contributed by atoms with Crippen LogP contribution in [0.2, 0.25) is 0 Å². The number of fused-ring (bicyclic) bond motifs is 1. The summed E-state index contributed by atoms with van der Waals surface area (Å²) >= 11 is 0. The average molecular weight is 325 g/mol. The Kier molecular flexibility index (Phi) is 4.12. The van der Waals surface area contributed by atoms with Gasteiger partial charge < -0.3 is 5.32 Å². The van der Waals surface area contributed by atoms with Gasteiger partial charge in [0.15, 0.2) is 0 Å². The number of nitrogens with zero attached hydrogens (tertiary/aromatic N) is 1. The fraction of sp³-hybridized carbons (Fsp3) is 0.688. The van der Waals surface area contributed by atoms with E-state index in [-0.39, 0.29) is 17.2 Å². The van der Waals surface area contributed by atoms with Gasteiger partial charge in [0.1, 0.15) is 5.82 Å². The number of halogens is 1. The standard InChI is InChI=1S/C16H24FN3OS/c1-15(2,22(18)21)8-13-12-7-11(17)10-20-14(12)9-16(13)3-5-19-6-4-16/h7,10,13,19H,3-6,8-9,18H2,1-2H3/t13-,22?/m1/s1. The summed E-state index contributed by atoms with van der Waals surface area (Å²) in [6.45, 7) is 5.81. The van der Waals surface area contributed by atoms with Gasteiger partial charge in [-0.3, -0.25) is 10.1 Å². The van der Waals surface area contributed by atoms with Gasteiger partial charge in [-0.2, -0.15) is 0 Å². The summed E-state index contributed by atoms with van der Waals surface area (Å²) in [5.41, 5.74) is 2.11. The molecular weight excluding hydrogens is 301 g/mol. The van der Waals surface area contributed by atoms with Crippen molar-refractivity contribution in [1.29, 1.82) is 0 Å². The quantitative estimate of drug-likeness (QED) is 0.893. The van der Waals surface area contributed by atoms with Crippen LogP contribution in [0.15, 0.2) is 12.3 Å². The number of hydrogen-bond donors (Lipinski definition) is 2. The fourth-order valence-corrected chi connectivity index (χ4v) is 4.40. The van der Waals surface area contributed by atoms with Gasteiger partial charge in [-0.15, -0.1) is 0 Å². The Hall–Kier alpha value is -0.850. The first-order valence-electron chi connectivity index (χ1n) is 7.85. The van der Waals surface area contributed by atoms with Gasteiger partial charge in [0.05, 0.1) is 21.9 Å². The molecule has 2 atom stereocenters. The summed E-state index contributed by atoms with van der Waals surface area (Å²) in [6.07, 6.45) is 4.99. The predicted molar refractivity (Wildman–Crippen MR) is 86.2 cm³/mol. The van der Waals surface area contributed by atoms with Crippen molar-refractivity contribution in [2.24, 2.45) is 10.6 Å². The molecule has 1 aromatic heterocycles. The van der Waals surface area contributed by atoms with E-state index in [4.69, 9.17) is 5.14 Å². The number of rotatable bonds is 3. The van der Waals surface area contributed by atoms with E-state index in [1.54, 1.807) is 6.07 Å². The fourth-order valence-electron chi connectivity index (χ4n) is 4.07. The van der Waals surface area contributed by atoms with E-state index in [0.717, 1.165) is 43.6 Å². The lowest BCUT2D eigenvalue weighted by molar-refractivity contribution is 0.158. The third-order valence-electron chi connectivity index (χ3n) is 5.44. The van der Waals surface area contributed by atoms with Crippen LogP contribution in [0.5, 0.6) is 0 Å². The van der Waals surface area contributed by atoms with Gasteiger partial charge in [-0.25, -0.2) is 8.60 Å². The Labute approximate surface area is 133 Å². The van der Waals surface area contributed by atoms with E-state index in [2.05, 4.69) is 10.3 Å². The van der Waals surface area contributed by atoms with E-state index >= 15 is 0 Å². The predicted octanol–water partition coefficient (Wildman–Crippen LogP) is 2.02. The SMILES string of the molecule is CC(C)(C[C@@H]1c2cc(F)cnc2CC12CCNCC2)S(N)=O. The lowest BCUT2D eigenvalue weighted by Gasteiger charge is -2.42. The monoisotopic (exact) mass is 325 g/mol. The minimum absolute atomic E-state index is 0.102. The molecule has 0 radical (unpaired) electrons. The zero-order valence-electron chi connectivity index (χ0n) is 13.2. The highest BCUT2D eigenvalue weighted by Crippen LogP contribution is 2.55. The summed E-state index contributed by atoms with van der Waals surface area (Å²) in [7, 11) is -1.40. The molecule has 0 bridgehead atoms. The van der Waals surface area contributed by atoms with Crippen molar-refractivity contribution in [3.8, 4) is 0 Å². The van der Waals surface area contributed by atoms with Crippen LogP contribution in [0.3, 0.4) is 0 Å². The van der Waals surface area contributed by atoms with E-state index < -0.39 is 15.7 Å². The normalized spacial score (nSPS) is 25.2. The Morgan fingerprint density at radius 2 is 2.18 bits per heavy atom.